The van der Waals surface area contributed by atoms with Crippen molar-refractivity contribution in [3.8, 4) is 0 Å². The molecule has 32 heavy (non-hydrogen) atoms. The van der Waals surface area contributed by atoms with Crippen LogP contribution < -0.4 is 0 Å². The summed E-state index contributed by atoms with van der Waals surface area (Å²) in [4.78, 5) is 25.4. The number of fused-ring (bicyclic) bond motifs is 5. The largest absolute Gasteiger partial charge is 0.302 e. The first-order valence-corrected chi connectivity index (χ1v) is 13.8. The number of rotatable bonds is 4. The number of hydrogen-bond acceptors (Lipinski definition) is 2. The van der Waals surface area contributed by atoms with Gasteiger partial charge in [-0.05, 0) is 96.0 Å². The summed E-state index contributed by atoms with van der Waals surface area (Å²) < 4.78 is 0. The summed E-state index contributed by atoms with van der Waals surface area (Å²) in [6, 6.07) is 0. The highest BCUT2D eigenvalue weighted by molar-refractivity contribution is 6.03. The van der Waals surface area contributed by atoms with Gasteiger partial charge >= 0.3 is 0 Å². The van der Waals surface area contributed by atoms with Crippen LogP contribution in [0.5, 0.6) is 0 Å². The smallest absolute Gasteiger partial charge is 0.160 e. The fraction of sp³-hybridized carbons (Fsp3) is 0.867. The van der Waals surface area contributed by atoms with Gasteiger partial charge in [-0.3, -0.25) is 4.79 Å². The molecule has 0 spiro atoms. The van der Waals surface area contributed by atoms with Gasteiger partial charge in [-0.15, -0.1) is 0 Å². The van der Waals surface area contributed by atoms with Gasteiger partial charge in [0, 0.05) is 6.42 Å². The van der Waals surface area contributed by atoms with Crippen LogP contribution in [0, 0.1) is 51.8 Å². The first kappa shape index (κ1) is 25.7. The van der Waals surface area contributed by atoms with Crippen molar-refractivity contribution < 1.29 is 9.59 Å². The summed E-state index contributed by atoms with van der Waals surface area (Å²) in [5, 5.41) is 0. The molecule has 0 amide bonds. The third-order valence-corrected chi connectivity index (χ3v) is 10.8. The van der Waals surface area contributed by atoms with Gasteiger partial charge in [0.15, 0.2) is 5.78 Å². The van der Waals surface area contributed by atoms with Crippen molar-refractivity contribution in [1.29, 1.82) is 0 Å². The van der Waals surface area contributed by atoms with E-state index in [-0.39, 0.29) is 11.7 Å². The normalized spacial score (nSPS) is 43.4. The van der Waals surface area contributed by atoms with Crippen molar-refractivity contribution in [2.45, 2.75) is 114 Å². The molecule has 0 saturated heterocycles. The standard InChI is InChI=1S/C28H44O2.C2H6/c1-8-26(6)20(17(2)3)11-13-27(7)21-12-14-28(16-29)15-22(30)24(18(4)5)25(28)19(21)9-10-23(26)27;1-2/h16-21,23H,8-15H2,1-7H3;1-2H3. The zero-order valence-electron chi connectivity index (χ0n) is 22.5. The van der Waals surface area contributed by atoms with Crippen LogP contribution in [0.25, 0.3) is 0 Å². The second-order valence-electron chi connectivity index (χ2n) is 12.5. The molecule has 7 unspecified atom stereocenters. The Balaban J connectivity index is 0.00000141. The number of carbonyl (C=O) groups is 2. The van der Waals surface area contributed by atoms with Crippen LogP contribution in [0.2, 0.25) is 0 Å². The first-order valence-electron chi connectivity index (χ1n) is 13.8. The lowest BCUT2D eigenvalue weighted by atomic mass is 9.39. The molecular weight excluding hydrogens is 392 g/mol. The third-order valence-electron chi connectivity index (χ3n) is 10.8. The summed E-state index contributed by atoms with van der Waals surface area (Å²) in [5.74, 6) is 3.91. The zero-order valence-corrected chi connectivity index (χ0v) is 22.5. The minimum Gasteiger partial charge on any atom is -0.302 e. The average molecular weight is 443 g/mol. The molecule has 3 fully saturated rings. The van der Waals surface area contributed by atoms with Crippen LogP contribution in [0.4, 0.5) is 0 Å². The Hall–Kier alpha value is -0.920. The molecule has 182 valence electrons. The second-order valence-corrected chi connectivity index (χ2v) is 12.5. The van der Waals surface area contributed by atoms with Crippen molar-refractivity contribution in [2.75, 3.05) is 0 Å². The number of hydrogen-bond donors (Lipinski definition) is 0. The molecule has 0 bridgehead atoms. The zero-order chi connectivity index (χ0) is 24.1. The Bertz CT molecular complexity index is 761. The maximum Gasteiger partial charge on any atom is 0.160 e. The number of carbonyl (C=O) groups excluding carboxylic acids is 2. The SMILES string of the molecule is CC.CCC1(C)C(C(C)C)CCC2(C)C3CCC4(C=O)CC(=O)C(C(C)C)=C4C3CCC12. The Kier molecular flexibility index (Phi) is 7.25. The van der Waals surface area contributed by atoms with Gasteiger partial charge in [-0.2, -0.15) is 0 Å². The average Bonchev–Trinajstić information content (AvgIpc) is 3.07. The van der Waals surface area contributed by atoms with E-state index in [1.807, 2.05) is 13.8 Å². The van der Waals surface area contributed by atoms with Crippen molar-refractivity contribution >= 4 is 12.1 Å². The topological polar surface area (TPSA) is 34.1 Å². The Morgan fingerprint density at radius 2 is 1.66 bits per heavy atom. The molecule has 0 aliphatic heterocycles. The number of ketones is 1. The summed E-state index contributed by atoms with van der Waals surface area (Å²) in [7, 11) is 0. The molecule has 7 atom stereocenters. The van der Waals surface area contributed by atoms with E-state index in [0.717, 1.165) is 36.2 Å². The van der Waals surface area contributed by atoms with Crippen LogP contribution in [0.3, 0.4) is 0 Å². The van der Waals surface area contributed by atoms with Gasteiger partial charge in [0.2, 0.25) is 0 Å². The van der Waals surface area contributed by atoms with Gasteiger partial charge in [-0.1, -0.05) is 68.7 Å². The first-order chi connectivity index (χ1) is 15.1. The number of aldehydes is 1. The Labute approximate surface area is 198 Å². The Morgan fingerprint density at radius 3 is 2.19 bits per heavy atom. The summed E-state index contributed by atoms with van der Waals surface area (Å²) >= 11 is 0. The maximum absolute atomic E-state index is 13.0. The summed E-state index contributed by atoms with van der Waals surface area (Å²) in [6.45, 7) is 20.8. The predicted octanol–water partition coefficient (Wildman–Crippen LogP) is 8.05. The van der Waals surface area contributed by atoms with Crippen LogP contribution in [-0.4, -0.2) is 12.1 Å². The fourth-order valence-corrected chi connectivity index (χ4v) is 9.47. The lowest BCUT2D eigenvalue weighted by molar-refractivity contribution is -0.150. The van der Waals surface area contributed by atoms with Crippen molar-refractivity contribution in [2.24, 2.45) is 51.8 Å². The van der Waals surface area contributed by atoms with Gasteiger partial charge in [-0.25, -0.2) is 0 Å². The highest BCUT2D eigenvalue weighted by atomic mass is 16.1. The van der Waals surface area contributed by atoms with Crippen LogP contribution >= 0.6 is 0 Å². The van der Waals surface area contributed by atoms with Crippen LogP contribution in [-0.2, 0) is 9.59 Å². The highest BCUT2D eigenvalue weighted by Crippen LogP contribution is 2.70. The fourth-order valence-electron chi connectivity index (χ4n) is 9.47. The highest BCUT2D eigenvalue weighted by Gasteiger charge is 2.63. The van der Waals surface area contributed by atoms with Crippen LogP contribution in [0.1, 0.15) is 114 Å². The van der Waals surface area contributed by atoms with Gasteiger partial charge in [0.25, 0.3) is 0 Å². The van der Waals surface area contributed by atoms with Crippen LogP contribution in [0.15, 0.2) is 11.1 Å². The molecule has 0 radical (unpaired) electrons. The van der Waals surface area contributed by atoms with E-state index >= 15 is 0 Å². The van der Waals surface area contributed by atoms with Gasteiger partial charge in [0.1, 0.15) is 6.29 Å². The molecule has 0 aromatic carbocycles. The number of Topliss-reactive ketones (excluding diaryl/α,β-unsaturated/α-hetero) is 1. The molecule has 4 aliphatic rings. The molecule has 4 aliphatic carbocycles. The second kappa shape index (κ2) is 9.03. The molecular formula is C30H50O2. The van der Waals surface area contributed by atoms with E-state index in [2.05, 4.69) is 48.5 Å². The van der Waals surface area contributed by atoms with E-state index in [9.17, 15) is 9.59 Å². The molecule has 4 rings (SSSR count). The van der Waals surface area contributed by atoms with E-state index < -0.39 is 5.41 Å². The molecule has 2 heteroatoms. The quantitative estimate of drug-likeness (QED) is 0.413. The van der Waals surface area contributed by atoms with E-state index in [1.165, 1.54) is 44.0 Å². The lowest BCUT2D eigenvalue weighted by Gasteiger charge is -2.65. The lowest BCUT2D eigenvalue weighted by Crippen LogP contribution is -2.58. The maximum atomic E-state index is 13.0. The number of allylic oxidation sites excluding steroid dienone is 2. The molecule has 0 aromatic rings. The van der Waals surface area contributed by atoms with E-state index in [1.54, 1.807) is 0 Å². The van der Waals surface area contributed by atoms with Gasteiger partial charge < -0.3 is 4.79 Å². The monoisotopic (exact) mass is 442 g/mol. The molecule has 3 saturated carbocycles. The van der Waals surface area contributed by atoms with Crippen molar-refractivity contribution in [3.05, 3.63) is 11.1 Å². The van der Waals surface area contributed by atoms with Crippen molar-refractivity contribution in [3.63, 3.8) is 0 Å². The van der Waals surface area contributed by atoms with Crippen molar-refractivity contribution in [1.82, 2.24) is 0 Å². The molecule has 0 aromatic heterocycles. The van der Waals surface area contributed by atoms with Gasteiger partial charge in [0.05, 0.1) is 5.41 Å². The minimum atomic E-state index is -0.468. The minimum absolute atomic E-state index is 0.233. The summed E-state index contributed by atoms with van der Waals surface area (Å²) in [5.41, 5.74) is 2.62. The van der Waals surface area contributed by atoms with E-state index in [0.29, 0.717) is 29.1 Å². The van der Waals surface area contributed by atoms with E-state index in [4.69, 9.17) is 0 Å². The predicted molar refractivity (Wildman–Crippen MR) is 134 cm³/mol. The summed E-state index contributed by atoms with van der Waals surface area (Å²) in [6.07, 6.45) is 10.0. The molecule has 0 N–H and O–H groups in total. The molecule has 2 nitrogen and oxygen atoms in total. The molecule has 0 heterocycles. The Morgan fingerprint density at radius 1 is 1.00 bits per heavy atom. The third kappa shape index (κ3) is 3.49.